The van der Waals surface area contributed by atoms with Crippen LogP contribution in [0, 0.1) is 46.7 Å². The van der Waals surface area contributed by atoms with Gasteiger partial charge in [-0.25, -0.2) is 17.8 Å². The largest absolute Gasteiger partial charge is 0.496 e. The molecule has 3 heterocycles. The summed E-state index contributed by atoms with van der Waals surface area (Å²) < 4.78 is 60.3. The van der Waals surface area contributed by atoms with Crippen molar-refractivity contribution in [3.63, 3.8) is 0 Å². The lowest BCUT2D eigenvalue weighted by atomic mass is 9.82. The van der Waals surface area contributed by atoms with Crippen molar-refractivity contribution in [3.05, 3.63) is 42.4 Å². The normalized spacial score (nSPS) is 35.2. The van der Waals surface area contributed by atoms with E-state index in [9.17, 15) is 32.0 Å². The maximum Gasteiger partial charge on any atom is 0.306 e. The predicted octanol–water partition coefficient (Wildman–Crippen LogP) is 6.06. The van der Waals surface area contributed by atoms with E-state index >= 15 is 0 Å². The topological polar surface area (TPSA) is 158 Å². The highest BCUT2D eigenvalue weighted by atomic mass is 32.2. The Balaban J connectivity index is 1.11. The average Bonchev–Trinajstić information content (AvgIpc) is 4.12. The van der Waals surface area contributed by atoms with Crippen LogP contribution in [-0.2, 0) is 33.9 Å². The molecule has 0 bridgehead atoms. The molecular formula is C43H54FN3O9S. The summed E-state index contributed by atoms with van der Waals surface area (Å²) in [5.74, 6) is -1.96. The summed E-state index contributed by atoms with van der Waals surface area (Å²) in [6.45, 7) is 5.68. The van der Waals surface area contributed by atoms with Gasteiger partial charge in [0.2, 0.25) is 27.7 Å². The fourth-order valence-electron chi connectivity index (χ4n) is 9.87. The molecule has 2 aromatic rings. The lowest BCUT2D eigenvalue weighted by Crippen LogP contribution is -2.48. The van der Waals surface area contributed by atoms with Crippen molar-refractivity contribution in [2.75, 3.05) is 13.7 Å². The van der Waals surface area contributed by atoms with Crippen LogP contribution in [-0.4, -0.2) is 78.5 Å². The minimum atomic E-state index is -3.97. The Morgan fingerprint density at radius 3 is 2.51 bits per heavy atom. The van der Waals surface area contributed by atoms with Crippen LogP contribution in [0.15, 0.2) is 36.5 Å². The number of esters is 1. The van der Waals surface area contributed by atoms with E-state index in [1.54, 1.807) is 13.0 Å². The molecule has 10 atom stereocenters. The summed E-state index contributed by atoms with van der Waals surface area (Å²) in [6, 6.07) is 3.21. The molecular weight excluding hydrogens is 754 g/mol. The minimum Gasteiger partial charge on any atom is -0.496 e. The summed E-state index contributed by atoms with van der Waals surface area (Å²) >= 11 is 0. The molecule has 1 N–H and O–H groups in total. The van der Waals surface area contributed by atoms with E-state index in [1.165, 1.54) is 36.8 Å². The molecule has 4 saturated carbocycles. The fourth-order valence-corrected chi connectivity index (χ4v) is 11.2. The smallest absolute Gasteiger partial charge is 0.306 e. The molecule has 1 aromatic carbocycles. The van der Waals surface area contributed by atoms with E-state index in [-0.39, 0.29) is 61.5 Å². The maximum absolute atomic E-state index is 15.0. The second-order valence-electron chi connectivity index (χ2n) is 18.3. The van der Waals surface area contributed by atoms with Crippen molar-refractivity contribution in [2.45, 2.75) is 121 Å². The van der Waals surface area contributed by atoms with E-state index in [0.717, 1.165) is 19.3 Å². The number of hydrogen-bond acceptors (Lipinski definition) is 10. The van der Waals surface area contributed by atoms with Gasteiger partial charge in [0, 0.05) is 30.5 Å². The first kappa shape index (κ1) is 39.7. The number of carbonyl (C=O) groups is 4. The highest BCUT2D eigenvalue weighted by Gasteiger charge is 2.63. The highest BCUT2D eigenvalue weighted by molar-refractivity contribution is 7.91. The number of sulfonamides is 1. The zero-order valence-corrected chi connectivity index (χ0v) is 34.0. The number of allylic oxidation sites excluding steroid dienone is 2. The number of methoxy groups -OCH3 is 1. The van der Waals surface area contributed by atoms with Crippen molar-refractivity contribution < 1.29 is 46.2 Å². The third kappa shape index (κ3) is 7.91. The number of fused-ring (bicyclic) bond motifs is 4. The number of aromatic nitrogens is 1. The van der Waals surface area contributed by atoms with Crippen LogP contribution in [0.3, 0.4) is 0 Å². The molecule has 6 aliphatic rings. The van der Waals surface area contributed by atoms with Crippen LogP contribution in [0.2, 0.25) is 0 Å². The van der Waals surface area contributed by atoms with Gasteiger partial charge in [-0.15, -0.1) is 0 Å². The van der Waals surface area contributed by atoms with Crippen LogP contribution in [0.25, 0.3) is 10.8 Å². The van der Waals surface area contributed by atoms with Crippen LogP contribution in [0.5, 0.6) is 11.6 Å². The summed E-state index contributed by atoms with van der Waals surface area (Å²) in [5.41, 5.74) is -1.30. The molecule has 5 fully saturated rings. The van der Waals surface area contributed by atoms with E-state index < -0.39 is 61.7 Å². The zero-order chi connectivity index (χ0) is 40.4. The first-order valence-corrected chi connectivity index (χ1v) is 22.1. The predicted molar refractivity (Wildman–Crippen MR) is 208 cm³/mol. The molecule has 0 radical (unpaired) electrons. The molecule has 0 spiro atoms. The third-order valence-corrected chi connectivity index (χ3v) is 16.1. The van der Waals surface area contributed by atoms with Crippen LogP contribution in [0.1, 0.15) is 97.8 Å². The molecule has 308 valence electrons. The van der Waals surface area contributed by atoms with Gasteiger partial charge in [0.15, 0.2) is 5.78 Å². The Bertz CT molecular complexity index is 2100. The van der Waals surface area contributed by atoms with Gasteiger partial charge in [0.1, 0.15) is 23.8 Å². The number of amides is 2. The summed E-state index contributed by atoms with van der Waals surface area (Å²) in [4.78, 5) is 63.1. The zero-order valence-electron chi connectivity index (χ0n) is 33.2. The number of halogens is 1. The number of nitrogens with one attached hydrogen (secondary N) is 1. The summed E-state index contributed by atoms with van der Waals surface area (Å²) in [7, 11) is -2.54. The van der Waals surface area contributed by atoms with Gasteiger partial charge >= 0.3 is 5.97 Å². The monoisotopic (exact) mass is 807 g/mol. The molecule has 1 aromatic heterocycles. The van der Waals surface area contributed by atoms with Crippen molar-refractivity contribution in [2.24, 2.45) is 40.9 Å². The Kier molecular flexibility index (Phi) is 10.4. The Morgan fingerprint density at radius 2 is 1.79 bits per heavy atom. The van der Waals surface area contributed by atoms with Crippen LogP contribution >= 0.6 is 0 Å². The van der Waals surface area contributed by atoms with Crippen molar-refractivity contribution in [1.29, 1.82) is 0 Å². The molecule has 8 rings (SSSR count). The molecule has 1 saturated heterocycles. The van der Waals surface area contributed by atoms with Crippen molar-refractivity contribution >= 4 is 44.4 Å². The number of hydrogen-bond donors (Lipinski definition) is 1. The number of nitrogens with zero attached hydrogens (tertiary/aromatic N) is 2. The average molecular weight is 808 g/mol. The standard InChI is InChI=1S/C43H54FN3O9S/c1-24-7-5-6-8-28-21-43(28,41(51)46-57(52,53)42(3)10-11-42)22-36(48)35-19-31(56-39-34-17-29(44)18-37(54-4)32(34)9-12-45-39)23-47(35)40(50)33(25(2)13-24)20-38(49)55-30-15-26-14-27(26)16-30/h6,8-9,12,17-18,24-28,30-31,33,35H,5,7,10-11,13-16,19-23H2,1-4H3,(H,46,51)/b8-6-/t24-,25+,26-,27+,28+,30?,31+,33-,35-,43+/m0/s1. The van der Waals surface area contributed by atoms with Gasteiger partial charge in [0.25, 0.3) is 0 Å². The Morgan fingerprint density at radius 1 is 1.04 bits per heavy atom. The van der Waals surface area contributed by atoms with Crippen LogP contribution < -0.4 is 14.2 Å². The molecule has 4 aliphatic carbocycles. The molecule has 12 nitrogen and oxygen atoms in total. The highest BCUT2D eigenvalue weighted by Crippen LogP contribution is 2.58. The number of ether oxygens (including phenoxy) is 3. The first-order valence-electron chi connectivity index (χ1n) is 20.6. The minimum absolute atomic E-state index is 0.0190. The van der Waals surface area contributed by atoms with E-state index in [0.29, 0.717) is 60.5 Å². The van der Waals surface area contributed by atoms with E-state index in [4.69, 9.17) is 14.2 Å². The van der Waals surface area contributed by atoms with E-state index in [2.05, 4.69) is 16.6 Å². The second kappa shape index (κ2) is 14.9. The van der Waals surface area contributed by atoms with Crippen molar-refractivity contribution in [3.8, 4) is 11.6 Å². The molecule has 14 heteroatoms. The first-order chi connectivity index (χ1) is 27.1. The SMILES string of the molecule is COc1cc(F)cc2c(O[C@@H]3C[C@H]4C(=O)C[C@]5(C(=O)NS(=O)(=O)C6(C)CC6)C[C@H]5/C=C\CC[C@H](C)C[C@@H](C)[C@H](CC(=O)OC5C[C@@H]6C[C@@H]6C5)C(=O)N4C3)nccc12. The number of ketones is 1. The molecule has 1 unspecified atom stereocenters. The lowest BCUT2D eigenvalue weighted by molar-refractivity contribution is -0.155. The van der Waals surface area contributed by atoms with Gasteiger partial charge < -0.3 is 19.1 Å². The number of Topliss-reactive ketones (excluding diaryl/α,β-unsaturated/α-hetero) is 1. The summed E-state index contributed by atoms with van der Waals surface area (Å²) in [5, 5.41) is 0.929. The quantitative estimate of drug-likeness (QED) is 0.234. The lowest BCUT2D eigenvalue weighted by Gasteiger charge is -2.32. The molecule has 2 amide bonds. The van der Waals surface area contributed by atoms with Gasteiger partial charge in [-0.05, 0) is 106 Å². The number of benzene rings is 1. The fraction of sp³-hybridized carbons (Fsp3) is 0.651. The summed E-state index contributed by atoms with van der Waals surface area (Å²) in [6.07, 6.45) is 10.5. The number of pyridine rings is 1. The van der Waals surface area contributed by atoms with Gasteiger partial charge in [0.05, 0.1) is 47.6 Å². The maximum atomic E-state index is 15.0. The Hall–Kier alpha value is -4.07. The Labute approximate surface area is 333 Å². The third-order valence-electron chi connectivity index (χ3n) is 13.9. The molecule has 2 aliphatic heterocycles. The van der Waals surface area contributed by atoms with Gasteiger partial charge in [-0.3, -0.25) is 23.9 Å². The number of rotatable bonds is 9. The van der Waals surface area contributed by atoms with Gasteiger partial charge in [-0.2, -0.15) is 0 Å². The molecule has 57 heavy (non-hydrogen) atoms. The van der Waals surface area contributed by atoms with Gasteiger partial charge in [-0.1, -0.05) is 26.0 Å². The van der Waals surface area contributed by atoms with Crippen LogP contribution in [0.4, 0.5) is 4.39 Å². The second-order valence-corrected chi connectivity index (χ2v) is 20.5. The van der Waals surface area contributed by atoms with E-state index in [1.807, 2.05) is 19.1 Å². The van der Waals surface area contributed by atoms with Crippen molar-refractivity contribution in [1.82, 2.24) is 14.6 Å². The number of carbonyl (C=O) groups excluding carboxylic acids is 4.